The minimum absolute atomic E-state index is 0. The van der Waals surface area contributed by atoms with E-state index < -0.39 is 0 Å². The molecule has 2 heterocycles. The van der Waals surface area contributed by atoms with E-state index in [-0.39, 0.29) is 12.4 Å². The fourth-order valence-electron chi connectivity index (χ4n) is 2.29. The maximum atomic E-state index is 4.17. The smallest absolute Gasteiger partial charge is 0.0447 e. The van der Waals surface area contributed by atoms with Crippen LogP contribution >= 0.6 is 12.4 Å². The summed E-state index contributed by atoms with van der Waals surface area (Å²) < 4.78 is 0. The fourth-order valence-corrected chi connectivity index (χ4v) is 2.29. The Bertz CT molecular complexity index is 489. The van der Waals surface area contributed by atoms with E-state index in [0.717, 1.165) is 26.2 Å². The predicted molar refractivity (Wildman–Crippen MR) is 74.1 cm³/mol. The number of rotatable bonds is 1. The standard InChI is InChI=1S/C13H15N3.ClH/c1-2-11-10-15-5-4-12(11)13(3-1)16-8-6-14-7-9-16;/h1-5,10,14H,6-9H2;1H. The zero-order valence-electron chi connectivity index (χ0n) is 9.60. The number of anilines is 1. The third kappa shape index (κ3) is 2.35. The van der Waals surface area contributed by atoms with Gasteiger partial charge in [0, 0.05) is 55.0 Å². The Morgan fingerprint density at radius 3 is 2.76 bits per heavy atom. The SMILES string of the molecule is Cl.c1cc(N2CCNCC2)c2ccncc2c1. The van der Waals surface area contributed by atoms with Gasteiger partial charge in [0.25, 0.3) is 0 Å². The van der Waals surface area contributed by atoms with E-state index in [1.807, 2.05) is 12.4 Å². The molecule has 1 aromatic heterocycles. The average Bonchev–Trinajstić information content (AvgIpc) is 2.39. The maximum Gasteiger partial charge on any atom is 0.0447 e. The van der Waals surface area contributed by atoms with Crippen molar-refractivity contribution in [1.29, 1.82) is 0 Å². The van der Waals surface area contributed by atoms with Crippen LogP contribution in [0, 0.1) is 0 Å². The molecule has 4 heteroatoms. The zero-order chi connectivity index (χ0) is 10.8. The van der Waals surface area contributed by atoms with E-state index in [1.165, 1.54) is 16.5 Å². The Labute approximate surface area is 107 Å². The lowest BCUT2D eigenvalue weighted by Gasteiger charge is -2.30. The van der Waals surface area contributed by atoms with Gasteiger partial charge in [-0.05, 0) is 12.1 Å². The van der Waals surface area contributed by atoms with Crippen LogP contribution in [0.25, 0.3) is 10.8 Å². The van der Waals surface area contributed by atoms with Gasteiger partial charge < -0.3 is 10.2 Å². The minimum atomic E-state index is 0. The van der Waals surface area contributed by atoms with E-state index in [0.29, 0.717) is 0 Å². The van der Waals surface area contributed by atoms with Crippen molar-refractivity contribution in [2.75, 3.05) is 31.1 Å². The van der Waals surface area contributed by atoms with Crippen LogP contribution in [0.1, 0.15) is 0 Å². The number of nitrogens with one attached hydrogen (secondary N) is 1. The van der Waals surface area contributed by atoms with Gasteiger partial charge in [-0.3, -0.25) is 4.98 Å². The van der Waals surface area contributed by atoms with Crippen LogP contribution in [0.2, 0.25) is 0 Å². The van der Waals surface area contributed by atoms with Gasteiger partial charge >= 0.3 is 0 Å². The first-order chi connectivity index (χ1) is 7.95. The van der Waals surface area contributed by atoms with Crippen molar-refractivity contribution in [1.82, 2.24) is 10.3 Å². The molecule has 1 aliphatic heterocycles. The number of fused-ring (bicyclic) bond motifs is 1. The fraction of sp³-hybridized carbons (Fsp3) is 0.308. The molecule has 17 heavy (non-hydrogen) atoms. The molecule has 1 aliphatic rings. The number of nitrogens with zero attached hydrogens (tertiary/aromatic N) is 2. The molecule has 2 aromatic rings. The Morgan fingerprint density at radius 1 is 1.12 bits per heavy atom. The van der Waals surface area contributed by atoms with Crippen molar-refractivity contribution < 1.29 is 0 Å². The molecule has 3 nitrogen and oxygen atoms in total. The summed E-state index contributed by atoms with van der Waals surface area (Å²) in [6.45, 7) is 4.31. The summed E-state index contributed by atoms with van der Waals surface area (Å²) in [5, 5.41) is 5.90. The van der Waals surface area contributed by atoms with Gasteiger partial charge in [-0.2, -0.15) is 0 Å². The second-order valence-electron chi connectivity index (χ2n) is 4.11. The lowest BCUT2D eigenvalue weighted by molar-refractivity contribution is 0.590. The maximum absolute atomic E-state index is 4.17. The highest BCUT2D eigenvalue weighted by atomic mass is 35.5. The highest BCUT2D eigenvalue weighted by Gasteiger charge is 2.12. The van der Waals surface area contributed by atoms with Crippen LogP contribution in [-0.4, -0.2) is 31.2 Å². The Hall–Kier alpha value is -1.32. The molecule has 90 valence electrons. The van der Waals surface area contributed by atoms with Crippen LogP contribution < -0.4 is 10.2 Å². The summed E-state index contributed by atoms with van der Waals surface area (Å²) in [7, 11) is 0. The van der Waals surface area contributed by atoms with Gasteiger partial charge in [0.05, 0.1) is 0 Å². The molecule has 0 aliphatic carbocycles. The second kappa shape index (κ2) is 5.34. The molecule has 1 fully saturated rings. The number of benzene rings is 1. The third-order valence-corrected chi connectivity index (χ3v) is 3.12. The lowest BCUT2D eigenvalue weighted by Crippen LogP contribution is -2.43. The monoisotopic (exact) mass is 249 g/mol. The summed E-state index contributed by atoms with van der Waals surface area (Å²) in [5.41, 5.74) is 1.33. The number of hydrogen-bond donors (Lipinski definition) is 1. The molecule has 3 rings (SSSR count). The summed E-state index contributed by atoms with van der Waals surface area (Å²) >= 11 is 0. The topological polar surface area (TPSA) is 28.2 Å². The normalized spacial score (nSPS) is 15.6. The van der Waals surface area contributed by atoms with E-state index in [2.05, 4.69) is 39.5 Å². The first-order valence-corrected chi connectivity index (χ1v) is 5.73. The quantitative estimate of drug-likeness (QED) is 0.839. The van der Waals surface area contributed by atoms with E-state index in [9.17, 15) is 0 Å². The van der Waals surface area contributed by atoms with Crippen molar-refractivity contribution >= 4 is 28.9 Å². The summed E-state index contributed by atoms with van der Waals surface area (Å²) in [6.07, 6.45) is 3.80. The van der Waals surface area contributed by atoms with Gasteiger partial charge in [0.2, 0.25) is 0 Å². The van der Waals surface area contributed by atoms with Gasteiger partial charge in [-0.25, -0.2) is 0 Å². The van der Waals surface area contributed by atoms with Crippen molar-refractivity contribution in [3.8, 4) is 0 Å². The van der Waals surface area contributed by atoms with Gasteiger partial charge in [0.15, 0.2) is 0 Å². The Kier molecular flexibility index (Phi) is 3.82. The zero-order valence-corrected chi connectivity index (χ0v) is 10.4. The summed E-state index contributed by atoms with van der Waals surface area (Å²) in [4.78, 5) is 6.61. The van der Waals surface area contributed by atoms with E-state index in [1.54, 1.807) is 0 Å². The van der Waals surface area contributed by atoms with Crippen LogP contribution in [0.3, 0.4) is 0 Å². The lowest BCUT2D eigenvalue weighted by atomic mass is 10.1. The number of pyridine rings is 1. The molecular weight excluding hydrogens is 234 g/mol. The van der Waals surface area contributed by atoms with E-state index >= 15 is 0 Å². The largest absolute Gasteiger partial charge is 0.368 e. The van der Waals surface area contributed by atoms with Crippen molar-refractivity contribution in [3.63, 3.8) is 0 Å². The van der Waals surface area contributed by atoms with Crippen LogP contribution in [0.5, 0.6) is 0 Å². The Balaban J connectivity index is 0.00000108. The molecule has 0 bridgehead atoms. The van der Waals surface area contributed by atoms with Crippen LogP contribution in [0.4, 0.5) is 5.69 Å². The van der Waals surface area contributed by atoms with Crippen molar-refractivity contribution in [2.24, 2.45) is 0 Å². The van der Waals surface area contributed by atoms with Gasteiger partial charge in [-0.1, -0.05) is 12.1 Å². The first kappa shape index (κ1) is 12.1. The van der Waals surface area contributed by atoms with Gasteiger partial charge in [0.1, 0.15) is 0 Å². The van der Waals surface area contributed by atoms with E-state index in [4.69, 9.17) is 0 Å². The average molecular weight is 250 g/mol. The number of piperazine rings is 1. The molecule has 0 spiro atoms. The summed E-state index contributed by atoms with van der Waals surface area (Å²) in [6, 6.07) is 8.54. The molecule has 0 saturated carbocycles. The summed E-state index contributed by atoms with van der Waals surface area (Å²) in [5.74, 6) is 0. The molecule has 0 atom stereocenters. The molecular formula is C13H16ClN3. The Morgan fingerprint density at radius 2 is 1.94 bits per heavy atom. The van der Waals surface area contributed by atoms with Gasteiger partial charge in [-0.15, -0.1) is 12.4 Å². The first-order valence-electron chi connectivity index (χ1n) is 5.73. The van der Waals surface area contributed by atoms with Crippen molar-refractivity contribution in [2.45, 2.75) is 0 Å². The predicted octanol–water partition coefficient (Wildman–Crippen LogP) is 2.07. The minimum Gasteiger partial charge on any atom is -0.368 e. The molecule has 0 unspecified atom stereocenters. The highest BCUT2D eigenvalue weighted by Crippen LogP contribution is 2.25. The number of aromatic nitrogens is 1. The highest BCUT2D eigenvalue weighted by molar-refractivity contribution is 5.93. The van der Waals surface area contributed by atoms with Crippen LogP contribution in [0.15, 0.2) is 36.7 Å². The molecule has 1 N–H and O–H groups in total. The molecule has 1 saturated heterocycles. The molecule has 0 amide bonds. The van der Waals surface area contributed by atoms with Crippen LogP contribution in [-0.2, 0) is 0 Å². The third-order valence-electron chi connectivity index (χ3n) is 3.12. The number of halogens is 1. The second-order valence-corrected chi connectivity index (χ2v) is 4.11. The molecule has 1 aromatic carbocycles. The number of hydrogen-bond acceptors (Lipinski definition) is 3. The molecule has 0 radical (unpaired) electrons. The van der Waals surface area contributed by atoms with Crippen molar-refractivity contribution in [3.05, 3.63) is 36.7 Å².